The van der Waals surface area contributed by atoms with E-state index in [0.29, 0.717) is 0 Å². The Labute approximate surface area is 95.8 Å². The van der Waals surface area contributed by atoms with Crippen LogP contribution in [-0.4, -0.2) is 11.4 Å². The summed E-state index contributed by atoms with van der Waals surface area (Å²) in [5.41, 5.74) is 5.27. The standard InChI is InChI=1S/C7H6Cl2F2N2.ClH/c8-4-2-1-3(6(9)13-4)5(12)7(10)11;/h1-2,5,7H,12H2;1H/t5-;/m1./s1. The Bertz CT molecular complexity index is 309. The van der Waals surface area contributed by atoms with Gasteiger partial charge in [-0.2, -0.15) is 0 Å². The summed E-state index contributed by atoms with van der Waals surface area (Å²) in [4.78, 5) is 3.59. The third kappa shape index (κ3) is 3.20. The van der Waals surface area contributed by atoms with E-state index >= 15 is 0 Å². The van der Waals surface area contributed by atoms with Gasteiger partial charge >= 0.3 is 0 Å². The van der Waals surface area contributed by atoms with Gasteiger partial charge in [0.25, 0.3) is 6.43 Å². The molecule has 0 aliphatic carbocycles. The zero-order valence-corrected chi connectivity index (χ0v) is 9.08. The quantitative estimate of drug-likeness (QED) is 0.833. The number of halogens is 5. The van der Waals surface area contributed by atoms with Crippen molar-refractivity contribution in [1.29, 1.82) is 0 Å². The Kier molecular flexibility index (Phi) is 5.59. The summed E-state index contributed by atoms with van der Waals surface area (Å²) in [5, 5.41) is 0.0653. The van der Waals surface area contributed by atoms with Crippen LogP contribution in [0.1, 0.15) is 11.6 Å². The zero-order valence-electron chi connectivity index (χ0n) is 6.75. The van der Waals surface area contributed by atoms with Crippen molar-refractivity contribution in [3.63, 3.8) is 0 Å². The van der Waals surface area contributed by atoms with Gasteiger partial charge in [0.05, 0.1) is 6.04 Å². The van der Waals surface area contributed by atoms with E-state index in [1.807, 2.05) is 0 Å². The average molecular weight is 264 g/mol. The van der Waals surface area contributed by atoms with E-state index in [9.17, 15) is 8.78 Å². The molecular weight excluding hydrogens is 256 g/mol. The lowest BCUT2D eigenvalue weighted by molar-refractivity contribution is 0.116. The molecule has 0 fully saturated rings. The molecule has 0 aromatic carbocycles. The Morgan fingerprint density at radius 3 is 2.29 bits per heavy atom. The van der Waals surface area contributed by atoms with Gasteiger partial charge in [0.2, 0.25) is 0 Å². The molecule has 0 unspecified atom stereocenters. The van der Waals surface area contributed by atoms with Crippen molar-refractivity contribution in [3.05, 3.63) is 28.0 Å². The molecule has 2 nitrogen and oxygen atoms in total. The molecule has 7 heteroatoms. The normalized spacial score (nSPS) is 12.4. The molecule has 0 aliphatic rings. The molecule has 0 aliphatic heterocycles. The van der Waals surface area contributed by atoms with Crippen LogP contribution >= 0.6 is 35.6 Å². The largest absolute Gasteiger partial charge is 0.319 e. The molecule has 1 heterocycles. The number of rotatable bonds is 2. The molecule has 0 bridgehead atoms. The van der Waals surface area contributed by atoms with Crippen molar-refractivity contribution >= 4 is 35.6 Å². The van der Waals surface area contributed by atoms with Crippen molar-refractivity contribution in [1.82, 2.24) is 4.98 Å². The van der Waals surface area contributed by atoms with Gasteiger partial charge in [0, 0.05) is 5.56 Å². The van der Waals surface area contributed by atoms with E-state index in [1.165, 1.54) is 12.1 Å². The number of alkyl halides is 2. The monoisotopic (exact) mass is 262 g/mol. The van der Waals surface area contributed by atoms with Crippen molar-refractivity contribution < 1.29 is 8.78 Å². The maximum atomic E-state index is 12.2. The molecule has 1 atom stereocenters. The molecule has 14 heavy (non-hydrogen) atoms. The smallest absolute Gasteiger partial charge is 0.257 e. The van der Waals surface area contributed by atoms with Crippen molar-refractivity contribution in [3.8, 4) is 0 Å². The van der Waals surface area contributed by atoms with Gasteiger partial charge in [0.15, 0.2) is 0 Å². The third-order valence-corrected chi connectivity index (χ3v) is 1.99. The maximum Gasteiger partial charge on any atom is 0.257 e. The number of hydrogen-bond donors (Lipinski definition) is 1. The highest BCUT2D eigenvalue weighted by atomic mass is 35.5. The highest BCUT2D eigenvalue weighted by Gasteiger charge is 2.20. The minimum Gasteiger partial charge on any atom is -0.319 e. The Hall–Kier alpha value is -0.160. The molecule has 0 radical (unpaired) electrons. The lowest BCUT2D eigenvalue weighted by atomic mass is 10.1. The van der Waals surface area contributed by atoms with Crippen LogP contribution in [0.4, 0.5) is 8.78 Å². The molecule has 1 aromatic heterocycles. The van der Waals surface area contributed by atoms with Crippen LogP contribution in [0, 0.1) is 0 Å². The summed E-state index contributed by atoms with van der Waals surface area (Å²) < 4.78 is 24.3. The Morgan fingerprint density at radius 1 is 1.29 bits per heavy atom. The predicted octanol–water partition coefficient (Wildman–Crippen LogP) is 3.08. The van der Waals surface area contributed by atoms with Crippen LogP contribution in [0.2, 0.25) is 10.3 Å². The van der Waals surface area contributed by atoms with E-state index in [1.54, 1.807) is 0 Å². The fourth-order valence-corrected chi connectivity index (χ4v) is 1.28. The number of pyridine rings is 1. The molecule has 1 rings (SSSR count). The van der Waals surface area contributed by atoms with Gasteiger partial charge in [-0.1, -0.05) is 29.3 Å². The number of hydrogen-bond acceptors (Lipinski definition) is 2. The van der Waals surface area contributed by atoms with E-state index in [2.05, 4.69) is 4.98 Å². The molecule has 80 valence electrons. The lowest BCUT2D eigenvalue weighted by Crippen LogP contribution is -2.19. The topological polar surface area (TPSA) is 38.9 Å². The molecule has 0 amide bonds. The van der Waals surface area contributed by atoms with Crippen LogP contribution in [0.3, 0.4) is 0 Å². The van der Waals surface area contributed by atoms with Crippen LogP contribution < -0.4 is 5.73 Å². The molecule has 0 saturated carbocycles. The molecular formula is C7H7Cl3F2N2. The summed E-state index contributed by atoms with van der Waals surface area (Å²) in [6, 6.07) is 1.29. The summed E-state index contributed by atoms with van der Waals surface area (Å²) in [6.07, 6.45) is -2.67. The highest BCUT2D eigenvalue weighted by Crippen LogP contribution is 2.25. The van der Waals surface area contributed by atoms with Gasteiger partial charge in [-0.05, 0) is 6.07 Å². The summed E-state index contributed by atoms with van der Waals surface area (Å²) in [7, 11) is 0. The first-order valence-electron chi connectivity index (χ1n) is 3.38. The summed E-state index contributed by atoms with van der Waals surface area (Å²) >= 11 is 11.0. The van der Waals surface area contributed by atoms with E-state index in [4.69, 9.17) is 28.9 Å². The van der Waals surface area contributed by atoms with Crippen molar-refractivity contribution in [2.45, 2.75) is 12.5 Å². The van der Waals surface area contributed by atoms with Crippen LogP contribution in [0.5, 0.6) is 0 Å². The third-order valence-electron chi connectivity index (χ3n) is 1.47. The fourth-order valence-electron chi connectivity index (χ4n) is 0.807. The van der Waals surface area contributed by atoms with E-state index in [0.717, 1.165) is 0 Å². The minimum atomic E-state index is -2.67. The van der Waals surface area contributed by atoms with E-state index in [-0.39, 0.29) is 28.3 Å². The second-order valence-corrected chi connectivity index (χ2v) is 3.12. The Balaban J connectivity index is 0.00000169. The van der Waals surface area contributed by atoms with Crippen LogP contribution in [0.25, 0.3) is 0 Å². The maximum absolute atomic E-state index is 12.2. The van der Waals surface area contributed by atoms with Gasteiger partial charge in [-0.25, -0.2) is 13.8 Å². The van der Waals surface area contributed by atoms with Gasteiger partial charge in [-0.15, -0.1) is 12.4 Å². The first-order chi connectivity index (χ1) is 6.02. The van der Waals surface area contributed by atoms with Gasteiger partial charge in [0.1, 0.15) is 10.3 Å². The van der Waals surface area contributed by atoms with Crippen molar-refractivity contribution in [2.24, 2.45) is 5.73 Å². The first kappa shape index (κ1) is 13.8. The van der Waals surface area contributed by atoms with Crippen LogP contribution in [-0.2, 0) is 0 Å². The van der Waals surface area contributed by atoms with Gasteiger partial charge < -0.3 is 5.73 Å². The first-order valence-corrected chi connectivity index (χ1v) is 4.13. The summed E-state index contributed by atoms with van der Waals surface area (Å²) in [6.45, 7) is 0. The van der Waals surface area contributed by atoms with Crippen molar-refractivity contribution in [2.75, 3.05) is 0 Å². The Morgan fingerprint density at radius 2 is 1.86 bits per heavy atom. The number of nitrogens with two attached hydrogens (primary N) is 1. The van der Waals surface area contributed by atoms with E-state index < -0.39 is 12.5 Å². The predicted molar refractivity (Wildman–Crippen MR) is 54.4 cm³/mol. The SMILES string of the molecule is Cl.N[C@H](c1ccc(Cl)nc1Cl)C(F)F. The minimum absolute atomic E-state index is 0. The zero-order chi connectivity index (χ0) is 10.0. The second-order valence-electron chi connectivity index (χ2n) is 2.37. The lowest BCUT2D eigenvalue weighted by Gasteiger charge is -2.11. The number of nitrogens with zero attached hydrogens (tertiary/aromatic N) is 1. The van der Waals surface area contributed by atoms with Crippen LogP contribution in [0.15, 0.2) is 12.1 Å². The summed E-state index contributed by atoms with van der Waals surface area (Å²) in [5.74, 6) is 0. The molecule has 2 N–H and O–H groups in total. The average Bonchev–Trinajstić information content (AvgIpc) is 2.03. The highest BCUT2D eigenvalue weighted by molar-refractivity contribution is 6.32. The molecule has 1 aromatic rings. The molecule has 0 saturated heterocycles. The van der Waals surface area contributed by atoms with Gasteiger partial charge in [-0.3, -0.25) is 0 Å². The number of aromatic nitrogens is 1. The second kappa shape index (κ2) is 5.66. The molecule has 0 spiro atoms. The fraction of sp³-hybridized carbons (Fsp3) is 0.286.